The standard InChI is InChI=1S/C17H27N7O/c1-5-24-15(12-22(2)3)20-21-16(24)13-6-8-23(9-7-13)17-18-10-14(25-4)11-19-17/h10-11,13H,5-9,12H2,1-4H3. The van der Waals surface area contributed by atoms with Crippen molar-refractivity contribution in [1.29, 1.82) is 0 Å². The highest BCUT2D eigenvalue weighted by Crippen LogP contribution is 2.29. The van der Waals surface area contributed by atoms with E-state index >= 15 is 0 Å². The van der Waals surface area contributed by atoms with Gasteiger partial charge in [0.05, 0.1) is 26.0 Å². The molecule has 3 heterocycles. The molecule has 0 spiro atoms. The topological polar surface area (TPSA) is 72.2 Å². The van der Waals surface area contributed by atoms with Gasteiger partial charge in [-0.2, -0.15) is 0 Å². The molecule has 25 heavy (non-hydrogen) atoms. The Morgan fingerprint density at radius 3 is 2.40 bits per heavy atom. The van der Waals surface area contributed by atoms with Crippen molar-refractivity contribution in [3.05, 3.63) is 24.0 Å². The Morgan fingerprint density at radius 1 is 1.16 bits per heavy atom. The van der Waals surface area contributed by atoms with Crippen molar-refractivity contribution in [1.82, 2.24) is 29.6 Å². The van der Waals surface area contributed by atoms with Crippen molar-refractivity contribution in [2.75, 3.05) is 39.2 Å². The Bertz CT molecular complexity index is 675. The quantitative estimate of drug-likeness (QED) is 0.786. The molecule has 1 aliphatic heterocycles. The summed E-state index contributed by atoms with van der Waals surface area (Å²) in [5.41, 5.74) is 0. The van der Waals surface area contributed by atoms with Crippen LogP contribution in [0, 0.1) is 0 Å². The summed E-state index contributed by atoms with van der Waals surface area (Å²) in [5, 5.41) is 8.92. The van der Waals surface area contributed by atoms with Gasteiger partial charge < -0.3 is 19.1 Å². The first-order valence-corrected chi connectivity index (χ1v) is 8.80. The van der Waals surface area contributed by atoms with E-state index in [9.17, 15) is 0 Å². The number of rotatable bonds is 6. The summed E-state index contributed by atoms with van der Waals surface area (Å²) in [6.45, 7) is 5.74. The Hall–Kier alpha value is -2.22. The van der Waals surface area contributed by atoms with Crippen molar-refractivity contribution in [2.24, 2.45) is 0 Å². The second-order valence-corrected chi connectivity index (χ2v) is 6.64. The lowest BCUT2D eigenvalue weighted by atomic mass is 9.96. The van der Waals surface area contributed by atoms with E-state index in [4.69, 9.17) is 4.74 Å². The summed E-state index contributed by atoms with van der Waals surface area (Å²) >= 11 is 0. The predicted octanol–water partition coefficient (Wildman–Crippen LogP) is 1.54. The zero-order chi connectivity index (χ0) is 17.8. The Morgan fingerprint density at radius 2 is 1.84 bits per heavy atom. The molecule has 3 rings (SSSR count). The summed E-state index contributed by atoms with van der Waals surface area (Å²) in [5.74, 6) is 4.06. The fraction of sp³-hybridized carbons (Fsp3) is 0.647. The molecule has 0 atom stereocenters. The number of anilines is 1. The largest absolute Gasteiger partial charge is 0.494 e. The smallest absolute Gasteiger partial charge is 0.225 e. The minimum absolute atomic E-state index is 0.442. The lowest BCUT2D eigenvalue weighted by Crippen LogP contribution is -2.35. The van der Waals surface area contributed by atoms with Crippen LogP contribution in [0.5, 0.6) is 5.75 Å². The van der Waals surface area contributed by atoms with Crippen LogP contribution >= 0.6 is 0 Å². The molecule has 0 N–H and O–H groups in total. The molecule has 2 aromatic rings. The van der Waals surface area contributed by atoms with Crippen LogP contribution in [-0.2, 0) is 13.1 Å². The molecule has 0 aromatic carbocycles. The first-order chi connectivity index (χ1) is 12.1. The van der Waals surface area contributed by atoms with E-state index in [0.29, 0.717) is 11.7 Å². The molecule has 1 fully saturated rings. The Balaban J connectivity index is 1.66. The third kappa shape index (κ3) is 3.89. The van der Waals surface area contributed by atoms with Gasteiger partial charge in [-0.15, -0.1) is 10.2 Å². The van der Waals surface area contributed by atoms with Gasteiger partial charge in [0.15, 0.2) is 5.75 Å². The summed E-state index contributed by atoms with van der Waals surface area (Å²) in [6, 6.07) is 0. The lowest BCUT2D eigenvalue weighted by molar-refractivity contribution is 0.377. The van der Waals surface area contributed by atoms with Crippen molar-refractivity contribution < 1.29 is 4.74 Å². The summed E-state index contributed by atoms with van der Waals surface area (Å²) < 4.78 is 7.39. The monoisotopic (exact) mass is 345 g/mol. The Labute approximate surface area is 148 Å². The van der Waals surface area contributed by atoms with Gasteiger partial charge in [0, 0.05) is 25.6 Å². The molecule has 8 nitrogen and oxygen atoms in total. The van der Waals surface area contributed by atoms with Crippen LogP contribution < -0.4 is 9.64 Å². The molecular weight excluding hydrogens is 318 g/mol. The van der Waals surface area contributed by atoms with E-state index < -0.39 is 0 Å². The first kappa shape index (κ1) is 17.6. The molecule has 1 aliphatic rings. The predicted molar refractivity (Wildman–Crippen MR) is 95.9 cm³/mol. The molecule has 0 amide bonds. The van der Waals surface area contributed by atoms with Gasteiger partial charge in [0.2, 0.25) is 5.95 Å². The van der Waals surface area contributed by atoms with Gasteiger partial charge in [0.1, 0.15) is 11.6 Å². The number of nitrogens with zero attached hydrogens (tertiary/aromatic N) is 7. The maximum absolute atomic E-state index is 5.12. The van der Waals surface area contributed by atoms with E-state index in [-0.39, 0.29) is 0 Å². The summed E-state index contributed by atoms with van der Waals surface area (Å²) in [7, 11) is 5.74. The number of ether oxygens (including phenoxy) is 1. The van der Waals surface area contributed by atoms with E-state index in [1.807, 2.05) is 0 Å². The molecule has 0 bridgehead atoms. The lowest BCUT2D eigenvalue weighted by Gasteiger charge is -2.31. The molecule has 0 unspecified atom stereocenters. The molecule has 2 aromatic heterocycles. The van der Waals surface area contributed by atoms with Crippen molar-refractivity contribution >= 4 is 5.95 Å². The number of piperidine rings is 1. The summed E-state index contributed by atoms with van der Waals surface area (Å²) in [6.07, 6.45) is 5.51. The maximum atomic E-state index is 5.12. The van der Waals surface area contributed by atoms with Gasteiger partial charge in [0.25, 0.3) is 0 Å². The van der Waals surface area contributed by atoms with Crippen molar-refractivity contribution in [3.8, 4) is 5.75 Å². The molecule has 0 aliphatic carbocycles. The minimum Gasteiger partial charge on any atom is -0.494 e. The average Bonchev–Trinajstić information content (AvgIpc) is 3.03. The van der Waals surface area contributed by atoms with Crippen LogP contribution in [0.3, 0.4) is 0 Å². The third-order valence-electron chi connectivity index (χ3n) is 4.62. The summed E-state index contributed by atoms with van der Waals surface area (Å²) in [4.78, 5) is 13.1. The van der Waals surface area contributed by atoms with Gasteiger partial charge in [-0.3, -0.25) is 0 Å². The molecular formula is C17H27N7O. The average molecular weight is 345 g/mol. The number of hydrogen-bond donors (Lipinski definition) is 0. The highest BCUT2D eigenvalue weighted by molar-refractivity contribution is 5.32. The molecule has 136 valence electrons. The number of aromatic nitrogens is 5. The maximum Gasteiger partial charge on any atom is 0.225 e. The zero-order valence-corrected chi connectivity index (χ0v) is 15.5. The van der Waals surface area contributed by atoms with E-state index in [2.05, 4.69) is 55.6 Å². The van der Waals surface area contributed by atoms with Gasteiger partial charge >= 0.3 is 0 Å². The molecule has 8 heteroatoms. The van der Waals surface area contributed by atoms with Crippen molar-refractivity contribution in [2.45, 2.75) is 38.8 Å². The zero-order valence-electron chi connectivity index (χ0n) is 15.5. The van der Waals surface area contributed by atoms with Crippen LogP contribution in [-0.4, -0.2) is 63.9 Å². The van der Waals surface area contributed by atoms with Gasteiger partial charge in [-0.25, -0.2) is 9.97 Å². The molecule has 1 saturated heterocycles. The second-order valence-electron chi connectivity index (χ2n) is 6.64. The minimum atomic E-state index is 0.442. The number of hydrogen-bond acceptors (Lipinski definition) is 7. The van der Waals surface area contributed by atoms with Crippen molar-refractivity contribution in [3.63, 3.8) is 0 Å². The highest BCUT2D eigenvalue weighted by atomic mass is 16.5. The van der Waals surface area contributed by atoms with E-state index in [1.165, 1.54) is 0 Å². The van der Waals surface area contributed by atoms with E-state index in [1.54, 1.807) is 19.5 Å². The Kier molecular flexibility index (Phi) is 5.47. The van der Waals surface area contributed by atoms with Crippen LogP contribution in [0.1, 0.15) is 37.3 Å². The van der Waals surface area contributed by atoms with Crippen LogP contribution in [0.15, 0.2) is 12.4 Å². The third-order valence-corrected chi connectivity index (χ3v) is 4.62. The fourth-order valence-electron chi connectivity index (χ4n) is 3.31. The van der Waals surface area contributed by atoms with E-state index in [0.717, 1.165) is 56.6 Å². The first-order valence-electron chi connectivity index (χ1n) is 8.80. The SMILES string of the molecule is CCn1c(CN(C)C)nnc1C1CCN(c2ncc(OC)cn2)CC1. The normalized spacial score (nSPS) is 15.8. The molecule has 0 saturated carbocycles. The fourth-order valence-corrected chi connectivity index (χ4v) is 3.31. The number of methoxy groups -OCH3 is 1. The second kappa shape index (κ2) is 7.77. The highest BCUT2D eigenvalue weighted by Gasteiger charge is 2.26. The van der Waals surface area contributed by atoms with Crippen LogP contribution in [0.2, 0.25) is 0 Å². The van der Waals surface area contributed by atoms with Gasteiger partial charge in [-0.1, -0.05) is 0 Å². The van der Waals surface area contributed by atoms with Crippen LogP contribution in [0.4, 0.5) is 5.95 Å². The molecule has 0 radical (unpaired) electrons. The van der Waals surface area contributed by atoms with Crippen LogP contribution in [0.25, 0.3) is 0 Å². The van der Waals surface area contributed by atoms with Gasteiger partial charge in [-0.05, 0) is 33.9 Å².